The molecule has 1 aromatic carbocycles. The Balaban J connectivity index is 2.89. The van der Waals surface area contributed by atoms with Gasteiger partial charge in [0.1, 0.15) is 5.82 Å². The molecule has 1 amide bonds. The largest absolute Gasteiger partial charge is 0.340 e. The molecule has 98 valence electrons. The maximum atomic E-state index is 13.6. The fourth-order valence-corrected chi connectivity index (χ4v) is 1.38. The molecule has 0 aliphatic heterocycles. The van der Waals surface area contributed by atoms with Crippen LogP contribution in [0.15, 0.2) is 18.2 Å². The highest BCUT2D eigenvalue weighted by Gasteiger charge is 2.18. The van der Waals surface area contributed by atoms with Crippen molar-refractivity contribution in [1.82, 2.24) is 10.2 Å². The number of amides is 1. The van der Waals surface area contributed by atoms with Gasteiger partial charge in [-0.15, -0.1) is 0 Å². The molecule has 0 bridgehead atoms. The number of halogens is 1. The summed E-state index contributed by atoms with van der Waals surface area (Å²) in [4.78, 5) is 22.9. The Morgan fingerprint density at radius 3 is 2.72 bits per heavy atom. The number of nitrogens with one attached hydrogen (secondary N) is 1. The maximum Gasteiger partial charge on any atom is 0.272 e. The van der Waals surface area contributed by atoms with Crippen LogP contribution < -0.4 is 5.32 Å². The number of carbonyl (C=O) groups excluding carboxylic acids is 1. The van der Waals surface area contributed by atoms with Gasteiger partial charge < -0.3 is 10.2 Å². The molecule has 0 aliphatic carbocycles. The molecule has 0 heterocycles. The Kier molecular flexibility index (Phi) is 4.73. The Bertz CT molecular complexity index is 465. The van der Waals surface area contributed by atoms with E-state index in [2.05, 4.69) is 5.32 Å². The number of hydrogen-bond acceptors (Lipinski definition) is 4. The molecule has 7 heteroatoms. The lowest BCUT2D eigenvalue weighted by molar-refractivity contribution is -0.385. The van der Waals surface area contributed by atoms with E-state index in [0.29, 0.717) is 13.1 Å². The minimum absolute atomic E-state index is 0.167. The number of benzene rings is 1. The van der Waals surface area contributed by atoms with E-state index in [1.54, 1.807) is 14.1 Å². The van der Waals surface area contributed by atoms with Crippen molar-refractivity contribution in [3.63, 3.8) is 0 Å². The van der Waals surface area contributed by atoms with E-state index in [1.165, 1.54) is 4.90 Å². The normalized spacial score (nSPS) is 10.2. The Morgan fingerprint density at radius 2 is 2.22 bits per heavy atom. The van der Waals surface area contributed by atoms with Gasteiger partial charge in [-0.2, -0.15) is 0 Å². The van der Waals surface area contributed by atoms with Crippen molar-refractivity contribution in [2.75, 3.05) is 27.2 Å². The van der Waals surface area contributed by atoms with Crippen LogP contribution in [-0.2, 0) is 0 Å². The molecule has 0 saturated carbocycles. The highest BCUT2D eigenvalue weighted by atomic mass is 19.1. The third-order valence-corrected chi connectivity index (χ3v) is 2.44. The van der Waals surface area contributed by atoms with Gasteiger partial charge in [0.25, 0.3) is 11.6 Å². The zero-order valence-electron chi connectivity index (χ0n) is 10.1. The van der Waals surface area contributed by atoms with Gasteiger partial charge in [-0.05, 0) is 13.1 Å². The van der Waals surface area contributed by atoms with Gasteiger partial charge in [-0.25, -0.2) is 4.39 Å². The number of nitrogens with zero attached hydrogens (tertiary/aromatic N) is 2. The van der Waals surface area contributed by atoms with Crippen LogP contribution in [0.4, 0.5) is 10.1 Å². The summed E-state index contributed by atoms with van der Waals surface area (Å²) in [5.74, 6) is -1.39. The standard InChI is InChI=1S/C11H14FN3O3/c1-13-5-6-14(2)11(16)9-4-3-8(15(17)18)7-10(9)12/h3-4,7,13H,5-6H2,1-2H3. The first kappa shape index (κ1) is 14.0. The van der Waals surface area contributed by atoms with E-state index >= 15 is 0 Å². The quantitative estimate of drug-likeness (QED) is 0.629. The number of hydrogen-bond donors (Lipinski definition) is 1. The molecule has 0 fully saturated rings. The van der Waals surface area contributed by atoms with Crippen LogP contribution in [-0.4, -0.2) is 42.9 Å². The molecule has 0 radical (unpaired) electrons. The predicted molar refractivity (Wildman–Crippen MR) is 63.9 cm³/mol. The topological polar surface area (TPSA) is 75.5 Å². The number of likely N-dealkylation sites (N-methyl/N-ethyl adjacent to an activating group) is 2. The monoisotopic (exact) mass is 255 g/mol. The van der Waals surface area contributed by atoms with Crippen LogP contribution >= 0.6 is 0 Å². The second-order valence-electron chi connectivity index (χ2n) is 3.75. The minimum Gasteiger partial charge on any atom is -0.340 e. The lowest BCUT2D eigenvalue weighted by atomic mass is 10.1. The van der Waals surface area contributed by atoms with Crippen molar-refractivity contribution >= 4 is 11.6 Å². The average molecular weight is 255 g/mol. The fraction of sp³-hybridized carbons (Fsp3) is 0.364. The molecule has 1 N–H and O–H groups in total. The van der Waals surface area contributed by atoms with Gasteiger partial charge in [0.15, 0.2) is 0 Å². The molecule has 0 unspecified atom stereocenters. The van der Waals surface area contributed by atoms with Crippen molar-refractivity contribution in [2.45, 2.75) is 0 Å². The van der Waals surface area contributed by atoms with Crippen LogP contribution in [0.2, 0.25) is 0 Å². The van der Waals surface area contributed by atoms with Gasteiger partial charge in [-0.1, -0.05) is 0 Å². The third-order valence-electron chi connectivity index (χ3n) is 2.44. The first-order valence-corrected chi connectivity index (χ1v) is 5.31. The predicted octanol–water partition coefficient (Wildman–Crippen LogP) is 1.03. The zero-order chi connectivity index (χ0) is 13.7. The molecule has 0 aliphatic rings. The first-order chi connectivity index (χ1) is 8.47. The Labute approximate surface area is 104 Å². The van der Waals surface area contributed by atoms with E-state index < -0.39 is 16.6 Å². The molecule has 1 rings (SSSR count). The fourth-order valence-electron chi connectivity index (χ4n) is 1.38. The van der Waals surface area contributed by atoms with E-state index in [1.807, 2.05) is 0 Å². The van der Waals surface area contributed by atoms with Crippen LogP contribution in [0.1, 0.15) is 10.4 Å². The summed E-state index contributed by atoms with van der Waals surface area (Å²) in [6, 6.07) is 2.99. The van der Waals surface area contributed by atoms with Gasteiger partial charge in [0.05, 0.1) is 16.6 Å². The van der Waals surface area contributed by atoms with Gasteiger partial charge >= 0.3 is 0 Å². The second kappa shape index (κ2) is 6.06. The molecule has 0 aromatic heterocycles. The molecule has 0 spiro atoms. The highest BCUT2D eigenvalue weighted by molar-refractivity contribution is 5.94. The smallest absolute Gasteiger partial charge is 0.272 e. The lowest BCUT2D eigenvalue weighted by Crippen LogP contribution is -2.33. The highest BCUT2D eigenvalue weighted by Crippen LogP contribution is 2.17. The van der Waals surface area contributed by atoms with E-state index in [9.17, 15) is 19.3 Å². The van der Waals surface area contributed by atoms with Crippen LogP contribution in [0, 0.1) is 15.9 Å². The summed E-state index contributed by atoms with van der Waals surface area (Å²) in [5, 5.41) is 13.3. The van der Waals surface area contributed by atoms with Gasteiger partial charge in [-0.3, -0.25) is 14.9 Å². The van der Waals surface area contributed by atoms with Crippen molar-refractivity contribution in [3.05, 3.63) is 39.7 Å². The van der Waals surface area contributed by atoms with Gasteiger partial charge in [0, 0.05) is 26.2 Å². The van der Waals surface area contributed by atoms with Crippen LogP contribution in [0.25, 0.3) is 0 Å². The Morgan fingerprint density at radius 1 is 1.56 bits per heavy atom. The van der Waals surface area contributed by atoms with Crippen LogP contribution in [0.5, 0.6) is 0 Å². The molecule has 1 aromatic rings. The van der Waals surface area contributed by atoms with Gasteiger partial charge in [0.2, 0.25) is 0 Å². The van der Waals surface area contributed by atoms with E-state index in [-0.39, 0.29) is 11.3 Å². The number of rotatable bonds is 5. The number of non-ortho nitro benzene ring substituents is 1. The SMILES string of the molecule is CNCCN(C)C(=O)c1ccc([N+](=O)[O-])cc1F. The first-order valence-electron chi connectivity index (χ1n) is 5.31. The van der Waals surface area contributed by atoms with Crippen molar-refractivity contribution < 1.29 is 14.1 Å². The summed E-state index contributed by atoms with van der Waals surface area (Å²) in [5.41, 5.74) is -0.541. The number of nitro benzene ring substituents is 1. The van der Waals surface area contributed by atoms with E-state index in [0.717, 1.165) is 18.2 Å². The lowest BCUT2D eigenvalue weighted by Gasteiger charge is -2.17. The second-order valence-corrected chi connectivity index (χ2v) is 3.75. The third kappa shape index (κ3) is 3.24. The molecule has 0 saturated heterocycles. The zero-order valence-corrected chi connectivity index (χ0v) is 10.1. The van der Waals surface area contributed by atoms with Crippen molar-refractivity contribution in [2.24, 2.45) is 0 Å². The molecule has 18 heavy (non-hydrogen) atoms. The number of nitro groups is 1. The summed E-state index contributed by atoms with van der Waals surface area (Å²) < 4.78 is 13.6. The molecule has 6 nitrogen and oxygen atoms in total. The summed E-state index contributed by atoms with van der Waals surface area (Å²) in [6.45, 7) is 1.00. The van der Waals surface area contributed by atoms with Crippen molar-refractivity contribution in [3.8, 4) is 0 Å². The minimum atomic E-state index is -0.884. The summed E-state index contributed by atoms with van der Waals surface area (Å²) in [7, 11) is 3.28. The molecular weight excluding hydrogens is 241 g/mol. The average Bonchev–Trinajstić information content (AvgIpc) is 2.34. The summed E-state index contributed by atoms with van der Waals surface area (Å²) in [6.07, 6.45) is 0. The molecular formula is C11H14FN3O3. The van der Waals surface area contributed by atoms with E-state index in [4.69, 9.17) is 0 Å². The van der Waals surface area contributed by atoms with Crippen molar-refractivity contribution in [1.29, 1.82) is 0 Å². The summed E-state index contributed by atoms with van der Waals surface area (Å²) >= 11 is 0. The molecule has 0 atom stereocenters. The number of carbonyl (C=O) groups is 1. The maximum absolute atomic E-state index is 13.6. The Hall–Kier alpha value is -2.02. The van der Waals surface area contributed by atoms with Crippen LogP contribution in [0.3, 0.4) is 0 Å².